The lowest BCUT2D eigenvalue weighted by Gasteiger charge is -2.45. The van der Waals surface area contributed by atoms with Crippen molar-refractivity contribution in [1.82, 2.24) is 4.57 Å². The van der Waals surface area contributed by atoms with Crippen molar-refractivity contribution in [2.45, 2.75) is 31.4 Å². The molecule has 0 spiro atoms. The van der Waals surface area contributed by atoms with Gasteiger partial charge in [-0.25, -0.2) is 0 Å². The number of phenols is 1. The summed E-state index contributed by atoms with van der Waals surface area (Å²) < 4.78 is 1.83. The Hall–Kier alpha value is -3.85. The number of fused-ring (bicyclic) bond motifs is 3. The molecule has 0 radical (unpaired) electrons. The highest BCUT2D eigenvalue weighted by atomic mass is 16.3. The SMILES string of the molecule is NC(=O)C1=C(O)CC2CC3Cc4ccc(Cn5cccc5)c(O)c4C(=O)C3=C(O)[C@]2(O)C1=O. The van der Waals surface area contributed by atoms with E-state index in [-0.39, 0.29) is 29.7 Å². The van der Waals surface area contributed by atoms with E-state index < -0.39 is 52.0 Å². The molecule has 0 bridgehead atoms. The third kappa shape index (κ3) is 2.85. The Morgan fingerprint density at radius 3 is 2.48 bits per heavy atom. The number of nitrogens with two attached hydrogens (primary N) is 1. The Balaban J connectivity index is 1.61. The number of benzene rings is 1. The molecule has 3 atom stereocenters. The van der Waals surface area contributed by atoms with E-state index in [0.717, 1.165) is 0 Å². The van der Waals surface area contributed by atoms with Gasteiger partial charge in [0.05, 0.1) is 12.1 Å². The van der Waals surface area contributed by atoms with Crippen molar-refractivity contribution in [2.24, 2.45) is 17.6 Å². The zero-order valence-electron chi connectivity index (χ0n) is 17.5. The van der Waals surface area contributed by atoms with E-state index in [1.165, 1.54) is 0 Å². The van der Waals surface area contributed by atoms with Gasteiger partial charge in [-0.1, -0.05) is 12.1 Å². The second kappa shape index (κ2) is 7.08. The van der Waals surface area contributed by atoms with Gasteiger partial charge in [-0.2, -0.15) is 0 Å². The number of aromatic hydroxyl groups is 1. The molecule has 1 aromatic carbocycles. The van der Waals surface area contributed by atoms with E-state index in [0.29, 0.717) is 24.1 Å². The van der Waals surface area contributed by atoms with Crippen molar-refractivity contribution in [3.63, 3.8) is 0 Å². The number of Topliss-reactive ketones (excluding diaryl/α,β-unsaturated/α-hetero) is 2. The average Bonchev–Trinajstić information content (AvgIpc) is 3.25. The van der Waals surface area contributed by atoms with Crippen LogP contribution in [0.1, 0.15) is 34.3 Å². The smallest absolute Gasteiger partial charge is 0.255 e. The Kier molecular flexibility index (Phi) is 4.51. The molecule has 2 aromatic rings. The zero-order valence-corrected chi connectivity index (χ0v) is 17.5. The summed E-state index contributed by atoms with van der Waals surface area (Å²) in [5.41, 5.74) is 2.84. The summed E-state index contributed by atoms with van der Waals surface area (Å²) in [6.07, 6.45) is 3.81. The number of carbonyl (C=O) groups is 3. The fourth-order valence-electron chi connectivity index (χ4n) is 5.44. The van der Waals surface area contributed by atoms with Gasteiger partial charge in [-0.15, -0.1) is 0 Å². The summed E-state index contributed by atoms with van der Waals surface area (Å²) >= 11 is 0. The van der Waals surface area contributed by atoms with Gasteiger partial charge in [0, 0.05) is 35.9 Å². The number of carbonyl (C=O) groups excluding carboxylic acids is 3. The second-order valence-electron chi connectivity index (χ2n) is 8.87. The Morgan fingerprint density at radius 1 is 1.12 bits per heavy atom. The highest BCUT2D eigenvalue weighted by Gasteiger charge is 2.59. The molecule has 33 heavy (non-hydrogen) atoms. The van der Waals surface area contributed by atoms with Crippen molar-refractivity contribution in [3.05, 3.63) is 76.0 Å². The van der Waals surface area contributed by atoms with Crippen LogP contribution in [0.3, 0.4) is 0 Å². The lowest BCUT2D eigenvalue weighted by atomic mass is 9.60. The molecule has 0 fully saturated rings. The molecule has 2 unspecified atom stereocenters. The van der Waals surface area contributed by atoms with Gasteiger partial charge in [-0.3, -0.25) is 14.4 Å². The van der Waals surface area contributed by atoms with Crippen LogP contribution in [-0.4, -0.2) is 48.1 Å². The maximum atomic E-state index is 13.5. The molecule has 0 saturated heterocycles. The van der Waals surface area contributed by atoms with E-state index in [1.807, 2.05) is 29.1 Å². The standard InChI is InChI=1S/C24H22N2O7/c25-23(32)18-15(27)9-14-8-13-7-11-3-4-12(10-26-5-1-2-6-26)19(28)16(11)20(29)17(13)21(30)24(14,33)22(18)31/h1-6,13-14,27-28,30,33H,7-10H2,(H2,25,32)/t13?,14?,24-/m0/s1. The van der Waals surface area contributed by atoms with Gasteiger partial charge in [0.25, 0.3) is 5.91 Å². The third-order valence-corrected chi connectivity index (χ3v) is 7.04. The molecule has 170 valence electrons. The number of rotatable bonds is 3. The van der Waals surface area contributed by atoms with Gasteiger partial charge < -0.3 is 30.7 Å². The van der Waals surface area contributed by atoms with Crippen LogP contribution in [0.25, 0.3) is 0 Å². The molecule has 5 rings (SSSR count). The maximum absolute atomic E-state index is 13.5. The fourth-order valence-corrected chi connectivity index (χ4v) is 5.44. The molecule has 0 saturated carbocycles. The predicted molar refractivity (Wildman–Crippen MR) is 114 cm³/mol. The van der Waals surface area contributed by atoms with Crippen LogP contribution in [0.5, 0.6) is 5.75 Å². The van der Waals surface area contributed by atoms with Crippen LogP contribution in [-0.2, 0) is 22.6 Å². The number of aliphatic hydroxyl groups excluding tert-OH is 2. The van der Waals surface area contributed by atoms with Gasteiger partial charge in [0.2, 0.25) is 5.78 Å². The number of hydrogen-bond acceptors (Lipinski definition) is 7. The summed E-state index contributed by atoms with van der Waals surface area (Å²) in [6.45, 7) is 0.324. The summed E-state index contributed by atoms with van der Waals surface area (Å²) in [4.78, 5) is 38.1. The molecule has 1 heterocycles. The van der Waals surface area contributed by atoms with Crippen molar-refractivity contribution < 1.29 is 34.8 Å². The number of allylic oxidation sites excluding steroid dienone is 2. The molecule has 6 N–H and O–H groups in total. The Bertz CT molecular complexity index is 1290. The monoisotopic (exact) mass is 450 g/mol. The first-order valence-corrected chi connectivity index (χ1v) is 10.6. The second-order valence-corrected chi connectivity index (χ2v) is 8.87. The van der Waals surface area contributed by atoms with E-state index in [1.54, 1.807) is 12.1 Å². The van der Waals surface area contributed by atoms with Crippen LogP contribution in [0.4, 0.5) is 0 Å². The van der Waals surface area contributed by atoms with E-state index in [2.05, 4.69) is 0 Å². The number of aromatic nitrogens is 1. The summed E-state index contributed by atoms with van der Waals surface area (Å²) in [5.74, 6) is -6.18. The van der Waals surface area contributed by atoms with Gasteiger partial charge >= 0.3 is 0 Å². The summed E-state index contributed by atoms with van der Waals surface area (Å²) in [7, 11) is 0. The molecule has 1 amide bonds. The number of primary amides is 1. The average molecular weight is 450 g/mol. The minimum absolute atomic E-state index is 0.0243. The Morgan fingerprint density at radius 2 is 1.82 bits per heavy atom. The molecular formula is C24H22N2O7. The minimum Gasteiger partial charge on any atom is -0.511 e. The van der Waals surface area contributed by atoms with Crippen LogP contribution in [0.2, 0.25) is 0 Å². The first-order valence-electron chi connectivity index (χ1n) is 10.6. The van der Waals surface area contributed by atoms with Crippen LogP contribution >= 0.6 is 0 Å². The zero-order chi connectivity index (χ0) is 23.7. The highest BCUT2D eigenvalue weighted by Crippen LogP contribution is 2.51. The normalized spacial score (nSPS) is 26.7. The number of nitrogens with zero attached hydrogens (tertiary/aromatic N) is 1. The summed E-state index contributed by atoms with van der Waals surface area (Å²) in [5, 5.41) is 43.3. The fraction of sp³-hybridized carbons (Fsp3) is 0.292. The Labute approximate surface area is 188 Å². The number of phenolic OH excluding ortho intramolecular Hbond substituents is 1. The largest absolute Gasteiger partial charge is 0.511 e. The van der Waals surface area contributed by atoms with Crippen molar-refractivity contribution in [3.8, 4) is 5.75 Å². The molecule has 9 nitrogen and oxygen atoms in total. The van der Waals surface area contributed by atoms with E-state index in [4.69, 9.17) is 5.73 Å². The van der Waals surface area contributed by atoms with Crippen molar-refractivity contribution in [1.29, 1.82) is 0 Å². The van der Waals surface area contributed by atoms with Gasteiger partial charge in [0.1, 0.15) is 22.8 Å². The van der Waals surface area contributed by atoms with Crippen LogP contribution < -0.4 is 5.73 Å². The number of hydrogen-bond donors (Lipinski definition) is 5. The first-order chi connectivity index (χ1) is 15.6. The lowest BCUT2D eigenvalue weighted by Crippen LogP contribution is -2.57. The van der Waals surface area contributed by atoms with Crippen LogP contribution in [0.15, 0.2) is 59.3 Å². The number of amides is 1. The molecule has 0 aliphatic heterocycles. The number of ketones is 2. The lowest BCUT2D eigenvalue weighted by molar-refractivity contribution is -0.144. The third-order valence-electron chi connectivity index (χ3n) is 7.04. The van der Waals surface area contributed by atoms with E-state index in [9.17, 15) is 34.8 Å². The molecule has 1 aromatic heterocycles. The molecule has 3 aliphatic carbocycles. The minimum atomic E-state index is -2.55. The first kappa shape index (κ1) is 21.0. The van der Waals surface area contributed by atoms with Crippen molar-refractivity contribution in [2.75, 3.05) is 0 Å². The van der Waals surface area contributed by atoms with E-state index >= 15 is 0 Å². The van der Waals surface area contributed by atoms with Crippen LogP contribution in [0, 0.1) is 11.8 Å². The molecule has 9 heteroatoms. The van der Waals surface area contributed by atoms with Crippen molar-refractivity contribution >= 4 is 17.5 Å². The summed E-state index contributed by atoms with van der Waals surface area (Å²) in [6, 6.07) is 7.17. The van der Waals surface area contributed by atoms with Gasteiger partial charge in [0.15, 0.2) is 11.4 Å². The highest BCUT2D eigenvalue weighted by molar-refractivity contribution is 6.24. The molecule has 3 aliphatic rings. The quantitative estimate of drug-likeness (QED) is 0.442. The topological polar surface area (TPSA) is 163 Å². The molecular weight excluding hydrogens is 428 g/mol. The number of aliphatic hydroxyl groups is 3. The maximum Gasteiger partial charge on any atom is 0.255 e. The predicted octanol–water partition coefficient (Wildman–Crippen LogP) is 1.43. The van der Waals surface area contributed by atoms with Gasteiger partial charge in [-0.05, 0) is 36.5 Å².